The van der Waals surface area contributed by atoms with E-state index in [1.165, 1.54) is 29.3 Å². The van der Waals surface area contributed by atoms with Gasteiger partial charge in [-0.15, -0.1) is 0 Å². The predicted molar refractivity (Wildman–Crippen MR) is 70.2 cm³/mol. The molecule has 1 heterocycles. The average molecular weight is 229 g/mol. The molecule has 1 saturated carbocycles. The molecule has 1 atom stereocenters. The summed E-state index contributed by atoms with van der Waals surface area (Å²) in [6.45, 7) is 3.44. The Morgan fingerprint density at radius 3 is 2.88 bits per heavy atom. The Morgan fingerprint density at radius 1 is 1.35 bits per heavy atom. The van der Waals surface area contributed by atoms with Crippen molar-refractivity contribution < 1.29 is 5.11 Å². The molecule has 0 saturated heterocycles. The molecule has 0 bridgehead atoms. The van der Waals surface area contributed by atoms with Gasteiger partial charge in [-0.25, -0.2) is 0 Å². The number of aromatic nitrogens is 1. The van der Waals surface area contributed by atoms with Crippen LogP contribution in [0, 0.1) is 5.92 Å². The smallest absolute Gasteiger partial charge is 0.0497 e. The predicted octanol–water partition coefficient (Wildman–Crippen LogP) is 3.15. The first-order valence-electron chi connectivity index (χ1n) is 6.48. The second-order valence-electron chi connectivity index (χ2n) is 5.28. The van der Waals surface area contributed by atoms with Gasteiger partial charge in [-0.05, 0) is 36.5 Å². The zero-order valence-corrected chi connectivity index (χ0v) is 10.3. The number of aliphatic hydroxyl groups excluding tert-OH is 1. The van der Waals surface area contributed by atoms with Crippen LogP contribution in [-0.4, -0.2) is 16.3 Å². The molecule has 1 aliphatic rings. The van der Waals surface area contributed by atoms with Gasteiger partial charge in [0.25, 0.3) is 0 Å². The minimum Gasteiger partial charge on any atom is -0.396 e. The number of hydrogen-bond donors (Lipinski definition) is 1. The molecule has 2 aromatic rings. The fourth-order valence-electron chi connectivity index (χ4n) is 2.51. The van der Waals surface area contributed by atoms with Gasteiger partial charge in [-0.3, -0.25) is 0 Å². The maximum atomic E-state index is 9.30. The van der Waals surface area contributed by atoms with Crippen molar-refractivity contribution in [1.82, 2.24) is 4.57 Å². The fraction of sp³-hybridized carbons (Fsp3) is 0.467. The van der Waals surface area contributed by atoms with Crippen LogP contribution in [-0.2, 0) is 6.54 Å². The van der Waals surface area contributed by atoms with Crippen molar-refractivity contribution in [2.75, 3.05) is 6.61 Å². The fourth-order valence-corrected chi connectivity index (χ4v) is 2.51. The van der Waals surface area contributed by atoms with Gasteiger partial charge in [0.05, 0.1) is 0 Å². The van der Waals surface area contributed by atoms with E-state index < -0.39 is 0 Å². The van der Waals surface area contributed by atoms with Crippen LogP contribution in [0.15, 0.2) is 30.5 Å². The lowest BCUT2D eigenvalue weighted by Gasteiger charge is -2.11. The van der Waals surface area contributed by atoms with Crippen LogP contribution in [0.25, 0.3) is 10.9 Å². The van der Waals surface area contributed by atoms with E-state index in [2.05, 4.69) is 42.0 Å². The van der Waals surface area contributed by atoms with E-state index in [0.29, 0.717) is 0 Å². The highest BCUT2D eigenvalue weighted by Gasteiger charge is 2.22. The molecular formula is C15H19NO. The Kier molecular flexibility index (Phi) is 2.67. The minimum absolute atomic E-state index is 0.215. The van der Waals surface area contributed by atoms with Gasteiger partial charge in [0.15, 0.2) is 0 Å². The van der Waals surface area contributed by atoms with Crippen LogP contribution < -0.4 is 0 Å². The summed E-state index contributed by atoms with van der Waals surface area (Å²) in [4.78, 5) is 0. The van der Waals surface area contributed by atoms with Gasteiger partial charge in [-0.2, -0.15) is 0 Å². The largest absolute Gasteiger partial charge is 0.396 e. The van der Waals surface area contributed by atoms with E-state index in [-0.39, 0.29) is 12.5 Å². The molecule has 0 aliphatic heterocycles. The quantitative estimate of drug-likeness (QED) is 0.856. The second kappa shape index (κ2) is 4.19. The Hall–Kier alpha value is -1.28. The number of nitrogens with zero attached hydrogens (tertiary/aromatic N) is 1. The van der Waals surface area contributed by atoms with Crippen molar-refractivity contribution in [2.24, 2.45) is 5.92 Å². The average Bonchev–Trinajstić information content (AvgIpc) is 3.08. The highest BCUT2D eigenvalue weighted by Crippen LogP contribution is 2.33. The highest BCUT2D eigenvalue weighted by atomic mass is 16.3. The number of aliphatic hydroxyl groups is 1. The molecule has 1 unspecified atom stereocenters. The summed E-state index contributed by atoms with van der Waals surface area (Å²) < 4.78 is 2.36. The Bertz CT molecular complexity index is 525. The van der Waals surface area contributed by atoms with Crippen molar-refractivity contribution in [2.45, 2.75) is 32.2 Å². The highest BCUT2D eigenvalue weighted by molar-refractivity contribution is 5.84. The minimum atomic E-state index is 0.215. The Balaban J connectivity index is 2.04. The van der Waals surface area contributed by atoms with Crippen LogP contribution in [0.2, 0.25) is 0 Å². The standard InChI is InChI=1S/C15H19NO/c1-11(10-17)13-3-2-4-15-14(13)7-8-16(15)9-12-5-6-12/h2-4,7-8,11-12,17H,5-6,9-10H2,1H3. The molecule has 1 aromatic carbocycles. The molecule has 1 fully saturated rings. The third-order valence-corrected chi connectivity index (χ3v) is 3.80. The zero-order chi connectivity index (χ0) is 11.8. The van der Waals surface area contributed by atoms with E-state index in [0.717, 1.165) is 12.5 Å². The van der Waals surface area contributed by atoms with Crippen molar-refractivity contribution in [3.63, 3.8) is 0 Å². The van der Waals surface area contributed by atoms with E-state index >= 15 is 0 Å². The van der Waals surface area contributed by atoms with Gasteiger partial charge >= 0.3 is 0 Å². The summed E-state index contributed by atoms with van der Waals surface area (Å²) in [5.41, 5.74) is 2.58. The van der Waals surface area contributed by atoms with E-state index in [1.54, 1.807) is 0 Å². The molecule has 0 spiro atoms. The van der Waals surface area contributed by atoms with Crippen LogP contribution in [0.3, 0.4) is 0 Å². The van der Waals surface area contributed by atoms with Crippen molar-refractivity contribution >= 4 is 10.9 Å². The van der Waals surface area contributed by atoms with Crippen LogP contribution in [0.1, 0.15) is 31.2 Å². The molecule has 1 aromatic heterocycles. The van der Waals surface area contributed by atoms with Gasteiger partial charge < -0.3 is 9.67 Å². The third-order valence-electron chi connectivity index (χ3n) is 3.80. The summed E-state index contributed by atoms with van der Waals surface area (Å²) in [7, 11) is 0. The molecule has 3 rings (SSSR count). The number of benzene rings is 1. The lowest BCUT2D eigenvalue weighted by Crippen LogP contribution is -2.01. The van der Waals surface area contributed by atoms with Gasteiger partial charge in [0.2, 0.25) is 0 Å². The molecule has 0 radical (unpaired) electrons. The number of hydrogen-bond acceptors (Lipinski definition) is 1. The first-order chi connectivity index (χ1) is 8.29. The lowest BCUT2D eigenvalue weighted by atomic mass is 9.98. The van der Waals surface area contributed by atoms with Gasteiger partial charge in [0, 0.05) is 36.2 Å². The third kappa shape index (κ3) is 1.98. The van der Waals surface area contributed by atoms with Crippen molar-refractivity contribution in [3.05, 3.63) is 36.0 Å². The topological polar surface area (TPSA) is 25.2 Å². The second-order valence-corrected chi connectivity index (χ2v) is 5.28. The molecule has 2 heteroatoms. The summed E-state index contributed by atoms with van der Waals surface area (Å²) in [6.07, 6.45) is 4.95. The van der Waals surface area contributed by atoms with Gasteiger partial charge in [-0.1, -0.05) is 19.1 Å². The molecule has 90 valence electrons. The normalized spacial score (nSPS) is 17.5. The first-order valence-corrected chi connectivity index (χ1v) is 6.48. The molecule has 1 N–H and O–H groups in total. The molecule has 0 amide bonds. The maximum Gasteiger partial charge on any atom is 0.0497 e. The van der Waals surface area contributed by atoms with E-state index in [9.17, 15) is 5.11 Å². The van der Waals surface area contributed by atoms with Crippen LogP contribution in [0.4, 0.5) is 0 Å². The van der Waals surface area contributed by atoms with Gasteiger partial charge in [0.1, 0.15) is 0 Å². The van der Waals surface area contributed by atoms with E-state index in [4.69, 9.17) is 0 Å². The summed E-state index contributed by atoms with van der Waals surface area (Å²) >= 11 is 0. The van der Waals surface area contributed by atoms with Crippen LogP contribution in [0.5, 0.6) is 0 Å². The van der Waals surface area contributed by atoms with Crippen molar-refractivity contribution in [3.8, 4) is 0 Å². The number of rotatable bonds is 4. The molecule has 1 aliphatic carbocycles. The number of fused-ring (bicyclic) bond motifs is 1. The molecular weight excluding hydrogens is 210 g/mol. The zero-order valence-electron chi connectivity index (χ0n) is 10.3. The monoisotopic (exact) mass is 229 g/mol. The SMILES string of the molecule is CC(CO)c1cccc2c1ccn2CC1CC1. The van der Waals surface area contributed by atoms with Crippen molar-refractivity contribution in [1.29, 1.82) is 0 Å². The Morgan fingerprint density at radius 2 is 2.18 bits per heavy atom. The molecule has 2 nitrogen and oxygen atoms in total. The van der Waals surface area contributed by atoms with Crippen LogP contribution >= 0.6 is 0 Å². The maximum absolute atomic E-state index is 9.30. The first kappa shape index (κ1) is 10.8. The summed E-state index contributed by atoms with van der Waals surface area (Å²) in [6, 6.07) is 8.61. The Labute approximate surface area is 102 Å². The summed E-state index contributed by atoms with van der Waals surface area (Å²) in [5.74, 6) is 1.11. The lowest BCUT2D eigenvalue weighted by molar-refractivity contribution is 0.273. The molecule has 17 heavy (non-hydrogen) atoms. The van der Waals surface area contributed by atoms with E-state index in [1.807, 2.05) is 0 Å². The summed E-state index contributed by atoms with van der Waals surface area (Å²) in [5, 5.41) is 10.6.